The minimum atomic E-state index is -3.72. The van der Waals surface area contributed by atoms with Crippen LogP contribution in [0.2, 0.25) is 0 Å². The van der Waals surface area contributed by atoms with Gasteiger partial charge in [0.2, 0.25) is 0 Å². The molecule has 0 saturated heterocycles. The molecule has 0 saturated carbocycles. The lowest BCUT2D eigenvalue weighted by Crippen LogP contribution is -2.32. The SMILES string of the molecule is CCC(Oc1cc(C)cc(C)c1)C(=O)Nc1ccc(S(=O)(=O)Nc2ccccc2)cc1. The van der Waals surface area contributed by atoms with E-state index in [4.69, 9.17) is 4.74 Å². The monoisotopic (exact) mass is 438 g/mol. The van der Waals surface area contributed by atoms with Crippen molar-refractivity contribution in [1.29, 1.82) is 0 Å². The molecule has 3 aromatic carbocycles. The number of carbonyl (C=O) groups is 1. The molecule has 0 aliphatic carbocycles. The van der Waals surface area contributed by atoms with E-state index in [-0.39, 0.29) is 10.8 Å². The maximum absolute atomic E-state index is 12.7. The molecule has 3 rings (SSSR count). The molecule has 1 atom stereocenters. The van der Waals surface area contributed by atoms with Gasteiger partial charge in [-0.05, 0) is 79.9 Å². The van der Waals surface area contributed by atoms with Gasteiger partial charge in [0.25, 0.3) is 15.9 Å². The zero-order valence-corrected chi connectivity index (χ0v) is 18.6. The fourth-order valence-corrected chi connectivity index (χ4v) is 4.21. The number of benzene rings is 3. The summed E-state index contributed by atoms with van der Waals surface area (Å²) in [5.41, 5.74) is 3.10. The van der Waals surface area contributed by atoms with Gasteiger partial charge in [0.15, 0.2) is 6.10 Å². The van der Waals surface area contributed by atoms with Crippen LogP contribution in [0.4, 0.5) is 11.4 Å². The number of hydrogen-bond acceptors (Lipinski definition) is 4. The molecule has 0 heterocycles. The Morgan fingerprint density at radius 1 is 0.903 bits per heavy atom. The lowest BCUT2D eigenvalue weighted by atomic mass is 10.1. The van der Waals surface area contributed by atoms with Gasteiger partial charge in [-0.3, -0.25) is 9.52 Å². The molecule has 0 aromatic heterocycles. The maximum atomic E-state index is 12.7. The Morgan fingerprint density at radius 3 is 2.10 bits per heavy atom. The lowest BCUT2D eigenvalue weighted by molar-refractivity contribution is -0.122. The number of carbonyl (C=O) groups excluding carboxylic acids is 1. The van der Waals surface area contributed by atoms with Crippen LogP contribution in [0.3, 0.4) is 0 Å². The highest BCUT2D eigenvalue weighted by Crippen LogP contribution is 2.21. The summed E-state index contributed by atoms with van der Waals surface area (Å²) in [5.74, 6) is 0.354. The Bertz CT molecular complexity index is 1120. The van der Waals surface area contributed by atoms with E-state index < -0.39 is 16.1 Å². The van der Waals surface area contributed by atoms with Gasteiger partial charge in [0, 0.05) is 11.4 Å². The van der Waals surface area contributed by atoms with Crippen LogP contribution in [0, 0.1) is 13.8 Å². The highest BCUT2D eigenvalue weighted by atomic mass is 32.2. The van der Waals surface area contributed by atoms with Crippen molar-refractivity contribution in [2.75, 3.05) is 10.0 Å². The molecular formula is C24H26N2O4S. The fraction of sp³-hybridized carbons (Fsp3) is 0.208. The summed E-state index contributed by atoms with van der Waals surface area (Å²) in [7, 11) is -3.72. The zero-order valence-electron chi connectivity index (χ0n) is 17.8. The largest absolute Gasteiger partial charge is 0.481 e. The predicted molar refractivity (Wildman–Crippen MR) is 123 cm³/mol. The van der Waals surface area contributed by atoms with E-state index in [9.17, 15) is 13.2 Å². The molecule has 3 aromatic rings. The summed E-state index contributed by atoms with van der Waals surface area (Å²) in [6.45, 7) is 5.82. The Morgan fingerprint density at radius 2 is 1.52 bits per heavy atom. The number of ether oxygens (including phenoxy) is 1. The lowest BCUT2D eigenvalue weighted by Gasteiger charge is -2.18. The Hall–Kier alpha value is -3.32. The van der Waals surface area contributed by atoms with Crippen LogP contribution in [0.15, 0.2) is 77.7 Å². The summed E-state index contributed by atoms with van der Waals surface area (Å²) in [6, 6.07) is 20.5. The molecule has 1 amide bonds. The Labute approximate surface area is 183 Å². The Balaban J connectivity index is 1.67. The average Bonchev–Trinajstić information content (AvgIpc) is 2.72. The molecule has 6 nitrogen and oxygen atoms in total. The second kappa shape index (κ2) is 9.66. The molecule has 0 aliphatic rings. The van der Waals surface area contributed by atoms with Gasteiger partial charge in [0.05, 0.1) is 4.90 Å². The summed E-state index contributed by atoms with van der Waals surface area (Å²) >= 11 is 0. The van der Waals surface area contributed by atoms with E-state index in [1.54, 1.807) is 36.4 Å². The quantitative estimate of drug-likeness (QED) is 0.524. The third-order valence-electron chi connectivity index (χ3n) is 4.59. The molecule has 0 aliphatic heterocycles. The van der Waals surface area contributed by atoms with Crippen molar-refractivity contribution < 1.29 is 17.9 Å². The van der Waals surface area contributed by atoms with Crippen LogP contribution in [-0.2, 0) is 14.8 Å². The van der Waals surface area contributed by atoms with E-state index in [0.29, 0.717) is 23.5 Å². The molecule has 0 fully saturated rings. The van der Waals surface area contributed by atoms with Crippen molar-refractivity contribution in [3.63, 3.8) is 0 Å². The molecule has 0 bridgehead atoms. The molecule has 0 spiro atoms. The standard InChI is InChI=1S/C24H26N2O4S/c1-4-23(30-21-15-17(2)14-18(3)16-21)24(27)25-19-10-12-22(13-11-19)31(28,29)26-20-8-6-5-7-9-20/h5-16,23,26H,4H2,1-3H3,(H,25,27). The van der Waals surface area contributed by atoms with Crippen LogP contribution in [0.1, 0.15) is 24.5 Å². The van der Waals surface area contributed by atoms with Gasteiger partial charge < -0.3 is 10.1 Å². The number of para-hydroxylation sites is 1. The Kier molecular flexibility index (Phi) is 6.97. The van der Waals surface area contributed by atoms with Crippen LogP contribution in [0.5, 0.6) is 5.75 Å². The van der Waals surface area contributed by atoms with Crippen molar-refractivity contribution in [2.45, 2.75) is 38.2 Å². The number of anilines is 2. The highest BCUT2D eigenvalue weighted by Gasteiger charge is 2.20. The van der Waals surface area contributed by atoms with Gasteiger partial charge in [-0.25, -0.2) is 8.42 Å². The third kappa shape index (κ3) is 6.08. The highest BCUT2D eigenvalue weighted by molar-refractivity contribution is 7.92. The molecule has 2 N–H and O–H groups in total. The van der Waals surface area contributed by atoms with E-state index in [2.05, 4.69) is 10.0 Å². The van der Waals surface area contributed by atoms with Gasteiger partial charge >= 0.3 is 0 Å². The van der Waals surface area contributed by atoms with Crippen LogP contribution in [-0.4, -0.2) is 20.4 Å². The van der Waals surface area contributed by atoms with Crippen LogP contribution >= 0.6 is 0 Å². The van der Waals surface area contributed by atoms with E-state index in [1.165, 1.54) is 12.1 Å². The molecular weight excluding hydrogens is 412 g/mol. The summed E-state index contributed by atoms with van der Waals surface area (Å²) in [6.07, 6.45) is -0.170. The molecule has 162 valence electrons. The second-order valence-corrected chi connectivity index (χ2v) is 9.01. The normalized spacial score (nSPS) is 12.1. The maximum Gasteiger partial charge on any atom is 0.265 e. The third-order valence-corrected chi connectivity index (χ3v) is 5.99. The summed E-state index contributed by atoms with van der Waals surface area (Å²) in [4.78, 5) is 12.8. The van der Waals surface area contributed by atoms with Gasteiger partial charge in [-0.1, -0.05) is 31.2 Å². The first-order chi connectivity index (χ1) is 14.8. The van der Waals surface area contributed by atoms with Crippen molar-refractivity contribution in [3.05, 3.63) is 83.9 Å². The number of aryl methyl sites for hydroxylation is 2. The first-order valence-corrected chi connectivity index (χ1v) is 11.5. The van der Waals surface area contributed by atoms with Gasteiger partial charge in [-0.15, -0.1) is 0 Å². The van der Waals surface area contributed by atoms with E-state index >= 15 is 0 Å². The summed E-state index contributed by atoms with van der Waals surface area (Å²) in [5, 5.41) is 2.79. The van der Waals surface area contributed by atoms with Crippen molar-refractivity contribution in [2.24, 2.45) is 0 Å². The number of rotatable bonds is 8. The number of amides is 1. The number of hydrogen-bond donors (Lipinski definition) is 2. The number of sulfonamides is 1. The molecule has 0 radical (unpaired) electrons. The van der Waals surface area contributed by atoms with E-state index in [1.807, 2.05) is 45.0 Å². The molecule has 31 heavy (non-hydrogen) atoms. The van der Waals surface area contributed by atoms with Gasteiger partial charge in [-0.2, -0.15) is 0 Å². The van der Waals surface area contributed by atoms with Crippen molar-refractivity contribution >= 4 is 27.3 Å². The smallest absolute Gasteiger partial charge is 0.265 e. The molecule has 1 unspecified atom stereocenters. The minimum Gasteiger partial charge on any atom is -0.481 e. The summed E-state index contributed by atoms with van der Waals surface area (Å²) < 4.78 is 33.5. The van der Waals surface area contributed by atoms with Crippen LogP contribution < -0.4 is 14.8 Å². The van der Waals surface area contributed by atoms with Crippen molar-refractivity contribution in [1.82, 2.24) is 0 Å². The second-order valence-electron chi connectivity index (χ2n) is 7.32. The molecule has 7 heteroatoms. The van der Waals surface area contributed by atoms with Gasteiger partial charge in [0.1, 0.15) is 5.75 Å². The fourth-order valence-electron chi connectivity index (χ4n) is 3.15. The topological polar surface area (TPSA) is 84.5 Å². The average molecular weight is 439 g/mol. The predicted octanol–water partition coefficient (Wildman–Crippen LogP) is 4.90. The minimum absolute atomic E-state index is 0.105. The first kappa shape index (κ1) is 22.4. The van der Waals surface area contributed by atoms with Crippen LogP contribution in [0.25, 0.3) is 0 Å². The van der Waals surface area contributed by atoms with E-state index in [0.717, 1.165) is 11.1 Å². The van der Waals surface area contributed by atoms with Crippen molar-refractivity contribution in [3.8, 4) is 5.75 Å². The first-order valence-electron chi connectivity index (χ1n) is 10.0. The zero-order chi connectivity index (χ0) is 22.4. The number of nitrogens with one attached hydrogen (secondary N) is 2.